The smallest absolute Gasteiger partial charge is 0.408 e. The van der Waals surface area contributed by atoms with Gasteiger partial charge in [-0.05, 0) is 24.3 Å². The summed E-state index contributed by atoms with van der Waals surface area (Å²) in [5.41, 5.74) is -0.168. The predicted molar refractivity (Wildman–Crippen MR) is 91.8 cm³/mol. The summed E-state index contributed by atoms with van der Waals surface area (Å²) in [6, 6.07) is 11.6. The van der Waals surface area contributed by atoms with E-state index in [1.165, 1.54) is 18.2 Å². The summed E-state index contributed by atoms with van der Waals surface area (Å²) in [5.74, 6) is 3.71. The third kappa shape index (κ3) is 4.20. The molecule has 0 radical (unpaired) electrons. The zero-order valence-corrected chi connectivity index (χ0v) is 13.8. The zero-order valence-electron chi connectivity index (χ0n) is 13.8. The van der Waals surface area contributed by atoms with Crippen molar-refractivity contribution >= 4 is 17.0 Å². The molecule has 0 fully saturated rings. The maximum atomic E-state index is 12.9. The molecule has 0 unspecified atom stereocenters. The lowest BCUT2D eigenvalue weighted by atomic mass is 10.1. The van der Waals surface area contributed by atoms with Gasteiger partial charge in [-0.25, -0.2) is 4.79 Å². The van der Waals surface area contributed by atoms with Gasteiger partial charge in [-0.15, -0.1) is 0 Å². The number of hydrogen-bond donors (Lipinski definition) is 1. The van der Waals surface area contributed by atoms with Crippen LogP contribution in [0.15, 0.2) is 57.7 Å². The zero-order chi connectivity index (χ0) is 19.4. The van der Waals surface area contributed by atoms with Crippen molar-refractivity contribution in [2.75, 3.05) is 6.54 Å². The van der Waals surface area contributed by atoms with Crippen LogP contribution in [0.4, 0.5) is 13.2 Å². The lowest BCUT2D eigenvalue weighted by molar-refractivity contribution is -0.137. The predicted octanol–water partition coefficient (Wildman–Crippen LogP) is 2.78. The molecule has 1 N–H and O–H groups in total. The molecule has 0 atom stereocenters. The van der Waals surface area contributed by atoms with E-state index in [1.807, 2.05) is 0 Å². The van der Waals surface area contributed by atoms with Gasteiger partial charge in [-0.3, -0.25) is 9.36 Å². The summed E-state index contributed by atoms with van der Waals surface area (Å²) in [6.07, 6.45) is -4.50. The Balaban J connectivity index is 1.66. The number of aromatic nitrogens is 1. The topological polar surface area (TPSA) is 64.2 Å². The molecule has 27 heavy (non-hydrogen) atoms. The molecule has 0 spiro atoms. The van der Waals surface area contributed by atoms with E-state index < -0.39 is 23.4 Å². The second-order valence-electron chi connectivity index (χ2n) is 5.54. The Morgan fingerprint density at radius 1 is 1.11 bits per heavy atom. The van der Waals surface area contributed by atoms with Crippen LogP contribution in [0.1, 0.15) is 11.1 Å². The average Bonchev–Trinajstić information content (AvgIpc) is 2.94. The van der Waals surface area contributed by atoms with Gasteiger partial charge in [0.1, 0.15) is 6.54 Å². The molecule has 2 aromatic carbocycles. The normalized spacial score (nSPS) is 11.1. The summed E-state index contributed by atoms with van der Waals surface area (Å²) < 4.78 is 44.8. The molecule has 1 heterocycles. The number of oxazole rings is 1. The highest BCUT2D eigenvalue weighted by Crippen LogP contribution is 2.31. The first-order chi connectivity index (χ1) is 12.9. The van der Waals surface area contributed by atoms with Crippen LogP contribution in [0.3, 0.4) is 0 Å². The van der Waals surface area contributed by atoms with E-state index in [9.17, 15) is 22.8 Å². The quantitative estimate of drug-likeness (QED) is 0.717. The van der Waals surface area contributed by atoms with E-state index in [0.717, 1.165) is 10.6 Å². The summed E-state index contributed by atoms with van der Waals surface area (Å²) in [7, 11) is 0. The van der Waals surface area contributed by atoms with Gasteiger partial charge in [-0.1, -0.05) is 36.1 Å². The van der Waals surface area contributed by atoms with Gasteiger partial charge in [0.05, 0.1) is 17.6 Å². The number of carbonyl (C=O) groups is 1. The average molecular weight is 374 g/mol. The van der Waals surface area contributed by atoms with Crippen LogP contribution < -0.4 is 11.1 Å². The van der Waals surface area contributed by atoms with Crippen molar-refractivity contribution in [2.45, 2.75) is 12.7 Å². The second kappa shape index (κ2) is 7.41. The second-order valence-corrected chi connectivity index (χ2v) is 5.54. The number of alkyl halides is 3. The molecule has 0 saturated carbocycles. The summed E-state index contributed by atoms with van der Waals surface area (Å²) >= 11 is 0. The first kappa shape index (κ1) is 18.3. The Kier molecular flexibility index (Phi) is 5.03. The molecule has 1 amide bonds. The van der Waals surface area contributed by atoms with Crippen LogP contribution in [-0.4, -0.2) is 17.0 Å². The van der Waals surface area contributed by atoms with Crippen molar-refractivity contribution in [3.8, 4) is 11.8 Å². The molecule has 0 aliphatic rings. The number of fused-ring (bicyclic) bond motifs is 1. The Morgan fingerprint density at radius 3 is 2.59 bits per heavy atom. The van der Waals surface area contributed by atoms with E-state index >= 15 is 0 Å². The van der Waals surface area contributed by atoms with Crippen LogP contribution in [0, 0.1) is 11.8 Å². The van der Waals surface area contributed by atoms with Gasteiger partial charge in [0.2, 0.25) is 5.91 Å². The first-order valence-corrected chi connectivity index (χ1v) is 7.86. The number of halogens is 3. The van der Waals surface area contributed by atoms with E-state index in [2.05, 4.69) is 17.2 Å². The van der Waals surface area contributed by atoms with Crippen molar-refractivity contribution < 1.29 is 22.4 Å². The van der Waals surface area contributed by atoms with E-state index in [0.29, 0.717) is 11.1 Å². The molecule has 0 aliphatic heterocycles. The Labute approximate surface area is 151 Å². The number of para-hydroxylation sites is 2. The minimum Gasteiger partial charge on any atom is -0.408 e. The van der Waals surface area contributed by atoms with Gasteiger partial charge < -0.3 is 9.73 Å². The third-order valence-corrected chi connectivity index (χ3v) is 3.70. The number of benzene rings is 2. The Morgan fingerprint density at radius 2 is 1.81 bits per heavy atom. The number of nitrogens with zero attached hydrogens (tertiary/aromatic N) is 1. The Bertz CT molecular complexity index is 1100. The third-order valence-electron chi connectivity index (χ3n) is 3.70. The highest BCUT2D eigenvalue weighted by molar-refractivity contribution is 5.79. The summed E-state index contributed by atoms with van der Waals surface area (Å²) in [5, 5.41) is 2.45. The largest absolute Gasteiger partial charge is 0.420 e. The molecular formula is C19H13F3N2O3. The van der Waals surface area contributed by atoms with Crippen molar-refractivity contribution in [3.05, 3.63) is 70.2 Å². The maximum Gasteiger partial charge on any atom is 0.420 e. The van der Waals surface area contributed by atoms with E-state index in [4.69, 9.17) is 4.42 Å². The molecular weight excluding hydrogens is 361 g/mol. The molecule has 3 aromatic rings. The molecule has 0 saturated heterocycles. The molecule has 5 nitrogen and oxygen atoms in total. The fourth-order valence-electron chi connectivity index (χ4n) is 2.48. The van der Waals surface area contributed by atoms with Crippen LogP contribution in [0.25, 0.3) is 11.1 Å². The molecule has 0 aliphatic carbocycles. The molecule has 0 bridgehead atoms. The van der Waals surface area contributed by atoms with Crippen LogP contribution in [0.5, 0.6) is 0 Å². The first-order valence-electron chi connectivity index (χ1n) is 7.86. The summed E-state index contributed by atoms with van der Waals surface area (Å²) in [4.78, 5) is 23.8. The molecule has 8 heteroatoms. The van der Waals surface area contributed by atoms with E-state index in [-0.39, 0.29) is 18.7 Å². The van der Waals surface area contributed by atoms with Crippen LogP contribution in [0.2, 0.25) is 0 Å². The number of amides is 1. The van der Waals surface area contributed by atoms with E-state index in [1.54, 1.807) is 24.3 Å². The van der Waals surface area contributed by atoms with Crippen molar-refractivity contribution in [3.63, 3.8) is 0 Å². The number of carbonyl (C=O) groups excluding carboxylic acids is 1. The lowest BCUT2D eigenvalue weighted by Crippen LogP contribution is -2.31. The number of hydrogen-bond acceptors (Lipinski definition) is 3. The fourth-order valence-corrected chi connectivity index (χ4v) is 2.48. The molecule has 138 valence electrons. The Hall–Kier alpha value is -3.47. The molecule has 3 rings (SSSR count). The monoisotopic (exact) mass is 374 g/mol. The van der Waals surface area contributed by atoms with Crippen LogP contribution >= 0.6 is 0 Å². The lowest BCUT2D eigenvalue weighted by Gasteiger charge is -2.08. The maximum absolute atomic E-state index is 12.9. The van der Waals surface area contributed by atoms with Crippen molar-refractivity contribution in [2.24, 2.45) is 0 Å². The van der Waals surface area contributed by atoms with Gasteiger partial charge in [-0.2, -0.15) is 13.2 Å². The summed E-state index contributed by atoms with van der Waals surface area (Å²) in [6.45, 7) is -0.438. The van der Waals surface area contributed by atoms with Crippen molar-refractivity contribution in [1.82, 2.24) is 9.88 Å². The number of nitrogens with one attached hydrogen (secondary N) is 1. The van der Waals surface area contributed by atoms with Gasteiger partial charge in [0.25, 0.3) is 0 Å². The minimum absolute atomic E-state index is 0.157. The molecule has 1 aromatic heterocycles. The highest BCUT2D eigenvalue weighted by atomic mass is 19.4. The minimum atomic E-state index is -4.50. The van der Waals surface area contributed by atoms with Gasteiger partial charge in [0.15, 0.2) is 5.58 Å². The fraction of sp³-hybridized carbons (Fsp3) is 0.158. The standard InChI is InChI=1S/C19H13F3N2O3/c20-19(21,22)14-8-2-1-6-13(14)7-5-11-23-17(25)12-24-15-9-3-4-10-16(15)27-18(24)26/h1-4,6,8-10H,11-12H2,(H,23,25). The SMILES string of the molecule is O=C(Cn1c(=O)oc2ccccc21)NCC#Cc1ccccc1C(F)(F)F. The highest BCUT2D eigenvalue weighted by Gasteiger charge is 2.32. The van der Waals surface area contributed by atoms with Crippen LogP contribution in [-0.2, 0) is 17.5 Å². The van der Waals surface area contributed by atoms with Gasteiger partial charge >= 0.3 is 11.9 Å². The number of rotatable bonds is 3. The van der Waals surface area contributed by atoms with Crippen molar-refractivity contribution in [1.29, 1.82) is 0 Å². The van der Waals surface area contributed by atoms with Gasteiger partial charge in [0, 0.05) is 5.56 Å².